The number of methoxy groups -OCH3 is 1. The first kappa shape index (κ1) is 17.1. The van der Waals surface area contributed by atoms with Gasteiger partial charge in [-0.05, 0) is 24.1 Å². The van der Waals surface area contributed by atoms with Gasteiger partial charge in [0.1, 0.15) is 0 Å². The number of benzene rings is 1. The predicted molar refractivity (Wildman–Crippen MR) is 81.9 cm³/mol. The van der Waals surface area contributed by atoms with Crippen LogP contribution >= 0.6 is 0 Å². The molecule has 1 atom stereocenters. The number of carbonyl (C=O) groups is 2. The molecule has 1 aliphatic rings. The normalized spacial score (nSPS) is 17.4. The standard InChI is InChI=1S/C17H23NO5/c1-3-4-7-23-14-6-5-12(8-15(14)22-2)10-18-11-13(17(20)21)9-16(18)19/h5-6,8,13H,3-4,7,9-11H2,1-2H3,(H,20,21)/p-1/t13-/m1/s1. The second-order valence-electron chi connectivity index (χ2n) is 5.68. The van der Waals surface area contributed by atoms with Gasteiger partial charge in [-0.3, -0.25) is 4.79 Å². The Labute approximate surface area is 136 Å². The molecule has 2 rings (SSSR count). The lowest BCUT2D eigenvalue weighted by Gasteiger charge is -2.18. The Hall–Kier alpha value is -2.24. The molecule has 1 aromatic rings. The van der Waals surface area contributed by atoms with Crippen molar-refractivity contribution in [1.29, 1.82) is 0 Å². The number of likely N-dealkylation sites (tertiary alicyclic amines) is 1. The molecule has 1 aromatic carbocycles. The number of amides is 1. The van der Waals surface area contributed by atoms with Gasteiger partial charge in [0.25, 0.3) is 0 Å². The number of aliphatic carboxylic acids is 1. The van der Waals surface area contributed by atoms with Crippen molar-refractivity contribution in [2.45, 2.75) is 32.7 Å². The zero-order chi connectivity index (χ0) is 16.8. The Morgan fingerprint density at radius 3 is 2.78 bits per heavy atom. The topological polar surface area (TPSA) is 78.9 Å². The lowest BCUT2D eigenvalue weighted by molar-refractivity contribution is -0.311. The Morgan fingerprint density at radius 2 is 2.17 bits per heavy atom. The van der Waals surface area contributed by atoms with Crippen LogP contribution in [0.3, 0.4) is 0 Å². The van der Waals surface area contributed by atoms with Crippen molar-refractivity contribution in [1.82, 2.24) is 4.90 Å². The summed E-state index contributed by atoms with van der Waals surface area (Å²) in [5.41, 5.74) is 0.872. The van der Waals surface area contributed by atoms with Crippen LogP contribution in [0, 0.1) is 5.92 Å². The zero-order valence-corrected chi connectivity index (χ0v) is 13.5. The third kappa shape index (κ3) is 4.37. The summed E-state index contributed by atoms with van der Waals surface area (Å²) < 4.78 is 11.0. The van der Waals surface area contributed by atoms with Crippen LogP contribution in [0.5, 0.6) is 11.5 Å². The van der Waals surface area contributed by atoms with E-state index in [1.807, 2.05) is 18.2 Å². The van der Waals surface area contributed by atoms with Gasteiger partial charge in [0.2, 0.25) is 5.91 Å². The van der Waals surface area contributed by atoms with E-state index in [-0.39, 0.29) is 18.9 Å². The van der Waals surface area contributed by atoms with E-state index in [4.69, 9.17) is 9.47 Å². The van der Waals surface area contributed by atoms with Crippen LogP contribution in [0.4, 0.5) is 0 Å². The molecule has 1 fully saturated rings. The molecule has 0 radical (unpaired) electrons. The number of carboxylic acid groups (broad SMARTS) is 1. The number of ether oxygens (including phenoxy) is 2. The van der Waals surface area contributed by atoms with E-state index in [1.54, 1.807) is 7.11 Å². The summed E-state index contributed by atoms with van der Waals surface area (Å²) in [5.74, 6) is -0.771. The first-order valence-corrected chi connectivity index (χ1v) is 7.83. The maximum Gasteiger partial charge on any atom is 0.223 e. The molecule has 23 heavy (non-hydrogen) atoms. The average Bonchev–Trinajstić information content (AvgIpc) is 2.90. The summed E-state index contributed by atoms with van der Waals surface area (Å²) in [4.78, 5) is 24.3. The van der Waals surface area contributed by atoms with Gasteiger partial charge in [-0.1, -0.05) is 19.4 Å². The minimum Gasteiger partial charge on any atom is -0.550 e. The van der Waals surface area contributed by atoms with Gasteiger partial charge < -0.3 is 24.3 Å². The van der Waals surface area contributed by atoms with Crippen LogP contribution in [0.15, 0.2) is 18.2 Å². The fourth-order valence-corrected chi connectivity index (χ4v) is 2.56. The summed E-state index contributed by atoms with van der Waals surface area (Å²) in [6.45, 7) is 3.27. The summed E-state index contributed by atoms with van der Waals surface area (Å²) in [7, 11) is 1.57. The Morgan fingerprint density at radius 1 is 1.39 bits per heavy atom. The molecule has 1 heterocycles. The van der Waals surface area contributed by atoms with Crippen LogP contribution in [0.1, 0.15) is 31.7 Å². The van der Waals surface area contributed by atoms with Gasteiger partial charge in [-0.2, -0.15) is 0 Å². The van der Waals surface area contributed by atoms with Crippen LogP contribution in [-0.4, -0.2) is 37.0 Å². The van der Waals surface area contributed by atoms with Crippen molar-refractivity contribution in [2.75, 3.05) is 20.3 Å². The summed E-state index contributed by atoms with van der Waals surface area (Å²) >= 11 is 0. The second kappa shape index (κ2) is 7.85. The van der Waals surface area contributed by atoms with E-state index < -0.39 is 11.9 Å². The van der Waals surface area contributed by atoms with Gasteiger partial charge in [0.05, 0.1) is 13.7 Å². The molecule has 0 bridgehead atoms. The highest BCUT2D eigenvalue weighted by atomic mass is 16.5. The maximum absolute atomic E-state index is 11.9. The van der Waals surface area contributed by atoms with Crippen molar-refractivity contribution in [3.05, 3.63) is 23.8 Å². The van der Waals surface area contributed by atoms with Crippen molar-refractivity contribution >= 4 is 11.9 Å². The minimum atomic E-state index is -1.17. The van der Waals surface area contributed by atoms with E-state index in [0.717, 1.165) is 18.4 Å². The number of rotatable bonds is 8. The molecule has 126 valence electrons. The summed E-state index contributed by atoms with van der Waals surface area (Å²) in [6.07, 6.45) is 2.03. The molecular formula is C17H22NO5-. The second-order valence-corrected chi connectivity index (χ2v) is 5.68. The molecule has 0 unspecified atom stereocenters. The number of nitrogens with zero attached hydrogens (tertiary/aromatic N) is 1. The third-order valence-electron chi connectivity index (χ3n) is 3.90. The van der Waals surface area contributed by atoms with Gasteiger partial charge in [0, 0.05) is 31.4 Å². The van der Waals surface area contributed by atoms with Crippen LogP contribution in [0.25, 0.3) is 0 Å². The molecule has 6 heteroatoms. The number of hydrogen-bond acceptors (Lipinski definition) is 5. The first-order valence-electron chi connectivity index (χ1n) is 7.83. The van der Waals surface area contributed by atoms with E-state index in [1.165, 1.54) is 4.90 Å². The highest BCUT2D eigenvalue weighted by molar-refractivity contribution is 5.85. The molecule has 0 aliphatic carbocycles. The minimum absolute atomic E-state index is 0.0116. The zero-order valence-electron chi connectivity index (χ0n) is 13.5. The highest BCUT2D eigenvalue weighted by Crippen LogP contribution is 2.29. The van der Waals surface area contributed by atoms with E-state index in [2.05, 4.69) is 6.92 Å². The lowest BCUT2D eigenvalue weighted by Crippen LogP contribution is -2.33. The Bertz CT molecular complexity index is 572. The van der Waals surface area contributed by atoms with Crippen LogP contribution in [0.2, 0.25) is 0 Å². The Balaban J connectivity index is 2.03. The molecule has 1 saturated heterocycles. The fourth-order valence-electron chi connectivity index (χ4n) is 2.56. The van der Waals surface area contributed by atoms with Crippen molar-refractivity contribution in [3.63, 3.8) is 0 Å². The number of carbonyl (C=O) groups excluding carboxylic acids is 2. The fraction of sp³-hybridized carbons (Fsp3) is 0.529. The van der Waals surface area contributed by atoms with Gasteiger partial charge in [0.15, 0.2) is 11.5 Å². The first-order chi connectivity index (χ1) is 11.0. The number of hydrogen-bond donors (Lipinski definition) is 0. The smallest absolute Gasteiger partial charge is 0.223 e. The molecule has 0 aromatic heterocycles. The SMILES string of the molecule is CCCCOc1ccc(CN2C[C@H](C(=O)[O-])CC2=O)cc1OC. The van der Waals surface area contributed by atoms with Gasteiger partial charge >= 0.3 is 0 Å². The highest BCUT2D eigenvalue weighted by Gasteiger charge is 2.30. The molecule has 0 N–H and O–H groups in total. The Kier molecular flexibility index (Phi) is 5.84. The molecule has 0 saturated carbocycles. The molecule has 1 aliphatic heterocycles. The molecule has 1 amide bonds. The van der Waals surface area contributed by atoms with Crippen LogP contribution in [-0.2, 0) is 16.1 Å². The van der Waals surface area contributed by atoms with Crippen molar-refractivity contribution < 1.29 is 24.2 Å². The van der Waals surface area contributed by atoms with E-state index in [9.17, 15) is 14.7 Å². The summed E-state index contributed by atoms with van der Waals surface area (Å²) in [6, 6.07) is 5.50. The summed E-state index contributed by atoms with van der Waals surface area (Å²) in [5, 5.41) is 10.9. The average molecular weight is 320 g/mol. The van der Waals surface area contributed by atoms with E-state index >= 15 is 0 Å². The number of carboxylic acids is 1. The van der Waals surface area contributed by atoms with Crippen LogP contribution < -0.4 is 14.6 Å². The quantitative estimate of drug-likeness (QED) is 0.667. The van der Waals surface area contributed by atoms with E-state index in [0.29, 0.717) is 24.7 Å². The largest absolute Gasteiger partial charge is 0.550 e. The lowest BCUT2D eigenvalue weighted by atomic mass is 10.1. The predicted octanol–water partition coefficient (Wildman–Crippen LogP) is 0.972. The molecule has 0 spiro atoms. The van der Waals surface area contributed by atoms with Crippen molar-refractivity contribution in [2.24, 2.45) is 5.92 Å². The molecule has 6 nitrogen and oxygen atoms in total. The monoisotopic (exact) mass is 320 g/mol. The van der Waals surface area contributed by atoms with Crippen molar-refractivity contribution in [3.8, 4) is 11.5 Å². The number of unbranched alkanes of at least 4 members (excludes halogenated alkanes) is 1. The van der Waals surface area contributed by atoms with Gasteiger partial charge in [-0.25, -0.2) is 0 Å². The van der Waals surface area contributed by atoms with Gasteiger partial charge in [-0.15, -0.1) is 0 Å². The maximum atomic E-state index is 11.9. The third-order valence-corrected chi connectivity index (χ3v) is 3.90. The molecular weight excluding hydrogens is 298 g/mol.